The van der Waals surface area contributed by atoms with Gasteiger partial charge in [-0.05, 0) is 66.2 Å². The molecule has 0 aliphatic carbocycles. The maximum atomic E-state index is 13.2. The molecule has 38 heavy (non-hydrogen) atoms. The van der Waals surface area contributed by atoms with Gasteiger partial charge in [0.25, 0.3) is 15.9 Å². The van der Waals surface area contributed by atoms with Crippen LogP contribution in [0.2, 0.25) is 0 Å². The van der Waals surface area contributed by atoms with Crippen molar-refractivity contribution in [3.63, 3.8) is 0 Å². The highest BCUT2D eigenvalue weighted by Gasteiger charge is 2.23. The molecule has 0 aromatic heterocycles. The van der Waals surface area contributed by atoms with Crippen molar-refractivity contribution in [2.45, 2.75) is 15.5 Å². The molecule has 0 radical (unpaired) electrons. The van der Waals surface area contributed by atoms with Crippen molar-refractivity contribution in [2.75, 3.05) is 30.9 Å². The zero-order valence-electron chi connectivity index (χ0n) is 21.2. The quantitative estimate of drug-likeness (QED) is 0.242. The van der Waals surface area contributed by atoms with Crippen LogP contribution in [-0.2, 0) is 15.8 Å². The molecule has 0 aliphatic heterocycles. The molecule has 0 unspecified atom stereocenters. The molecular formula is C29H28N2O5S2. The van der Waals surface area contributed by atoms with Crippen LogP contribution in [0.5, 0.6) is 11.5 Å². The van der Waals surface area contributed by atoms with Gasteiger partial charge in [0.15, 0.2) is 11.5 Å². The molecule has 4 aromatic rings. The first-order valence-electron chi connectivity index (χ1n) is 11.7. The van der Waals surface area contributed by atoms with Gasteiger partial charge in [0.05, 0.1) is 24.8 Å². The Bertz CT molecular complexity index is 1490. The second-order valence-electron chi connectivity index (χ2n) is 8.29. The lowest BCUT2D eigenvalue weighted by Crippen LogP contribution is -2.26. The van der Waals surface area contributed by atoms with Crippen LogP contribution >= 0.6 is 11.8 Å². The Morgan fingerprint density at radius 2 is 1.50 bits per heavy atom. The lowest BCUT2D eigenvalue weighted by atomic mass is 10.1. The van der Waals surface area contributed by atoms with Gasteiger partial charge < -0.3 is 14.8 Å². The van der Waals surface area contributed by atoms with Crippen LogP contribution in [0, 0.1) is 0 Å². The monoisotopic (exact) mass is 548 g/mol. The summed E-state index contributed by atoms with van der Waals surface area (Å²) in [6.45, 7) is 0. The average molecular weight is 549 g/mol. The molecule has 0 heterocycles. The number of thioether (sulfide) groups is 1. The van der Waals surface area contributed by atoms with Gasteiger partial charge in [-0.2, -0.15) is 0 Å². The summed E-state index contributed by atoms with van der Waals surface area (Å²) < 4.78 is 37.9. The Labute approximate surface area is 227 Å². The number of hydrogen-bond acceptors (Lipinski definition) is 6. The first-order chi connectivity index (χ1) is 18.3. The minimum Gasteiger partial charge on any atom is -0.493 e. The van der Waals surface area contributed by atoms with Crippen molar-refractivity contribution in [2.24, 2.45) is 0 Å². The fraction of sp³-hybridized carbons (Fsp3) is 0.138. The van der Waals surface area contributed by atoms with Gasteiger partial charge in [0.1, 0.15) is 0 Å². The first kappa shape index (κ1) is 27.1. The smallest absolute Gasteiger partial charge is 0.264 e. The van der Waals surface area contributed by atoms with Crippen molar-refractivity contribution < 1.29 is 22.7 Å². The number of ether oxygens (including phenoxy) is 2. The largest absolute Gasteiger partial charge is 0.493 e. The zero-order chi connectivity index (χ0) is 27.1. The number of benzene rings is 4. The third-order valence-corrected chi connectivity index (χ3v) is 8.73. The summed E-state index contributed by atoms with van der Waals surface area (Å²) in [6, 6.07) is 28.7. The summed E-state index contributed by atoms with van der Waals surface area (Å²) in [6.07, 6.45) is 0. The average Bonchev–Trinajstić information content (AvgIpc) is 2.96. The number of carbonyl (C=O) groups excluding carboxylic acids is 1. The lowest BCUT2D eigenvalue weighted by Gasteiger charge is -2.20. The molecule has 0 spiro atoms. The minimum absolute atomic E-state index is 0.0603. The van der Waals surface area contributed by atoms with E-state index in [2.05, 4.69) is 17.4 Å². The number of anilines is 2. The Balaban J connectivity index is 1.39. The Kier molecular flexibility index (Phi) is 8.60. The van der Waals surface area contributed by atoms with Crippen LogP contribution in [-0.4, -0.2) is 35.6 Å². The fourth-order valence-electron chi connectivity index (χ4n) is 3.67. The molecule has 4 rings (SSSR count). The molecule has 0 atom stereocenters. The summed E-state index contributed by atoms with van der Waals surface area (Å²) in [7, 11) is 0.524. The number of nitrogens with one attached hydrogen (secondary N) is 1. The van der Waals surface area contributed by atoms with E-state index in [1.807, 2.05) is 42.5 Å². The van der Waals surface area contributed by atoms with E-state index in [0.717, 1.165) is 15.6 Å². The normalized spacial score (nSPS) is 11.0. The van der Waals surface area contributed by atoms with Crippen LogP contribution < -0.4 is 19.1 Å². The maximum absolute atomic E-state index is 13.2. The van der Waals surface area contributed by atoms with Gasteiger partial charge in [-0.1, -0.05) is 30.3 Å². The van der Waals surface area contributed by atoms with Gasteiger partial charge in [-0.3, -0.25) is 9.10 Å². The molecule has 0 bridgehead atoms. The van der Waals surface area contributed by atoms with Crippen molar-refractivity contribution in [3.05, 3.63) is 108 Å². The number of carbonyl (C=O) groups is 1. The van der Waals surface area contributed by atoms with E-state index in [9.17, 15) is 13.2 Å². The second kappa shape index (κ2) is 12.1. The Morgan fingerprint density at radius 1 is 0.842 bits per heavy atom. The standard InChI is InChI=1S/C29H28N2O5S2/c1-31(38(33,34)26-17-18-27(35-2)28(19-26)36-3)24-15-11-22(12-16-24)29(32)30-23-13-9-21(10-14-23)20-37-25-7-5-4-6-8-25/h4-19H,20H2,1-3H3,(H,30,32). The molecule has 1 N–H and O–H groups in total. The van der Waals surface area contributed by atoms with E-state index in [4.69, 9.17) is 9.47 Å². The van der Waals surface area contributed by atoms with E-state index in [-0.39, 0.29) is 10.8 Å². The molecule has 9 heteroatoms. The fourth-order valence-corrected chi connectivity index (χ4v) is 5.75. The summed E-state index contributed by atoms with van der Waals surface area (Å²) >= 11 is 1.75. The molecule has 196 valence electrons. The first-order valence-corrected chi connectivity index (χ1v) is 14.1. The number of sulfonamides is 1. The summed E-state index contributed by atoms with van der Waals surface area (Å²) in [5.74, 6) is 1.30. The second-order valence-corrected chi connectivity index (χ2v) is 11.3. The minimum atomic E-state index is -3.86. The molecule has 1 amide bonds. The van der Waals surface area contributed by atoms with E-state index >= 15 is 0 Å². The topological polar surface area (TPSA) is 84.9 Å². The highest BCUT2D eigenvalue weighted by Crippen LogP contribution is 2.32. The van der Waals surface area contributed by atoms with Crippen molar-refractivity contribution in [1.29, 1.82) is 0 Å². The zero-order valence-corrected chi connectivity index (χ0v) is 22.9. The van der Waals surface area contributed by atoms with Crippen molar-refractivity contribution in [1.82, 2.24) is 0 Å². The van der Waals surface area contributed by atoms with Crippen LogP contribution in [0.1, 0.15) is 15.9 Å². The molecular weight excluding hydrogens is 520 g/mol. The van der Waals surface area contributed by atoms with Crippen LogP contribution in [0.3, 0.4) is 0 Å². The summed E-state index contributed by atoms with van der Waals surface area (Å²) in [5, 5.41) is 2.88. The number of nitrogens with zero attached hydrogens (tertiary/aromatic N) is 1. The number of methoxy groups -OCH3 is 2. The van der Waals surface area contributed by atoms with Crippen LogP contribution in [0.4, 0.5) is 11.4 Å². The van der Waals surface area contributed by atoms with E-state index in [1.165, 1.54) is 38.3 Å². The lowest BCUT2D eigenvalue weighted by molar-refractivity contribution is 0.102. The number of amides is 1. The van der Waals surface area contributed by atoms with Gasteiger partial charge in [0.2, 0.25) is 0 Å². The molecule has 7 nitrogen and oxygen atoms in total. The summed E-state index contributed by atoms with van der Waals surface area (Å²) in [5.41, 5.74) is 2.66. The van der Waals surface area contributed by atoms with E-state index in [1.54, 1.807) is 42.1 Å². The van der Waals surface area contributed by atoms with Crippen molar-refractivity contribution >= 4 is 39.1 Å². The Morgan fingerprint density at radius 3 is 2.13 bits per heavy atom. The number of hydrogen-bond donors (Lipinski definition) is 1. The molecule has 0 aliphatic rings. The predicted octanol–water partition coefficient (Wildman–Crippen LogP) is 6.07. The third kappa shape index (κ3) is 6.30. The highest BCUT2D eigenvalue weighted by molar-refractivity contribution is 7.98. The SMILES string of the molecule is COc1ccc(S(=O)(=O)N(C)c2ccc(C(=O)Nc3ccc(CSc4ccccc4)cc3)cc2)cc1OC. The van der Waals surface area contributed by atoms with Gasteiger partial charge in [-0.25, -0.2) is 8.42 Å². The Hall–Kier alpha value is -3.95. The van der Waals surface area contributed by atoms with Gasteiger partial charge >= 0.3 is 0 Å². The molecule has 0 saturated heterocycles. The molecule has 0 saturated carbocycles. The highest BCUT2D eigenvalue weighted by atomic mass is 32.2. The van der Waals surface area contributed by atoms with Crippen LogP contribution in [0.15, 0.2) is 107 Å². The van der Waals surface area contributed by atoms with Gasteiger partial charge in [0, 0.05) is 35.0 Å². The van der Waals surface area contributed by atoms with E-state index in [0.29, 0.717) is 28.4 Å². The predicted molar refractivity (Wildman–Crippen MR) is 152 cm³/mol. The maximum Gasteiger partial charge on any atom is 0.264 e. The third-order valence-electron chi connectivity index (χ3n) is 5.87. The van der Waals surface area contributed by atoms with Crippen LogP contribution in [0.25, 0.3) is 0 Å². The van der Waals surface area contributed by atoms with Gasteiger partial charge in [-0.15, -0.1) is 11.8 Å². The molecule has 0 fully saturated rings. The number of rotatable bonds is 10. The van der Waals surface area contributed by atoms with Crippen molar-refractivity contribution in [3.8, 4) is 11.5 Å². The summed E-state index contributed by atoms with van der Waals surface area (Å²) in [4.78, 5) is 14.0. The molecule has 4 aromatic carbocycles. The van der Waals surface area contributed by atoms with E-state index < -0.39 is 10.0 Å².